The van der Waals surface area contributed by atoms with Crippen molar-refractivity contribution in [2.24, 2.45) is 0 Å². The zero-order chi connectivity index (χ0) is 15.5. The van der Waals surface area contributed by atoms with E-state index in [0.29, 0.717) is 5.56 Å². The highest BCUT2D eigenvalue weighted by Crippen LogP contribution is 2.20. The maximum absolute atomic E-state index is 12.3. The Kier molecular flexibility index (Phi) is 4.09. The van der Waals surface area contributed by atoms with Gasteiger partial charge in [-0.2, -0.15) is 0 Å². The van der Waals surface area contributed by atoms with Gasteiger partial charge in [-0.05, 0) is 50.5 Å². The molecule has 1 amide bonds. The van der Waals surface area contributed by atoms with Crippen LogP contribution in [-0.4, -0.2) is 24.0 Å². The molecule has 1 N–H and O–H groups in total. The van der Waals surface area contributed by atoms with Gasteiger partial charge in [0.2, 0.25) is 0 Å². The van der Waals surface area contributed by atoms with E-state index >= 15 is 0 Å². The number of aryl methyl sites for hydroxylation is 2. The molecular weight excluding hydrogens is 274 g/mol. The fourth-order valence-electron chi connectivity index (χ4n) is 2.86. The molecule has 1 aliphatic heterocycles. The third-order valence-corrected chi connectivity index (χ3v) is 4.06. The van der Waals surface area contributed by atoms with Gasteiger partial charge in [0, 0.05) is 18.7 Å². The minimum atomic E-state index is -0.0896. The number of amides is 1. The molecule has 0 saturated carbocycles. The van der Waals surface area contributed by atoms with Gasteiger partial charge in [0.05, 0.1) is 11.9 Å². The molecule has 114 valence electrons. The Morgan fingerprint density at radius 1 is 1.14 bits per heavy atom. The highest BCUT2D eigenvalue weighted by molar-refractivity contribution is 6.05. The minimum absolute atomic E-state index is 0.0896. The van der Waals surface area contributed by atoms with Gasteiger partial charge < -0.3 is 10.2 Å². The van der Waals surface area contributed by atoms with E-state index in [1.807, 2.05) is 44.2 Å². The second kappa shape index (κ2) is 6.18. The Morgan fingerprint density at radius 2 is 1.91 bits per heavy atom. The molecule has 1 saturated heterocycles. The Morgan fingerprint density at radius 3 is 2.55 bits per heavy atom. The third kappa shape index (κ3) is 3.11. The summed E-state index contributed by atoms with van der Waals surface area (Å²) < 4.78 is 0. The quantitative estimate of drug-likeness (QED) is 0.942. The van der Waals surface area contributed by atoms with E-state index in [1.165, 1.54) is 12.8 Å². The van der Waals surface area contributed by atoms with Gasteiger partial charge in [0.15, 0.2) is 0 Å². The van der Waals surface area contributed by atoms with Crippen LogP contribution < -0.4 is 10.2 Å². The Hall–Kier alpha value is -2.36. The van der Waals surface area contributed by atoms with Crippen molar-refractivity contribution in [2.45, 2.75) is 26.7 Å². The number of aromatic nitrogens is 1. The lowest BCUT2D eigenvalue weighted by atomic mass is 10.1. The van der Waals surface area contributed by atoms with Crippen molar-refractivity contribution in [3.05, 3.63) is 53.2 Å². The largest absolute Gasteiger partial charge is 0.357 e. The minimum Gasteiger partial charge on any atom is -0.357 e. The van der Waals surface area contributed by atoms with Gasteiger partial charge in [-0.15, -0.1) is 0 Å². The van der Waals surface area contributed by atoms with Crippen molar-refractivity contribution < 1.29 is 4.79 Å². The summed E-state index contributed by atoms with van der Waals surface area (Å²) in [4.78, 5) is 19.1. The molecule has 2 aromatic rings. The van der Waals surface area contributed by atoms with Crippen LogP contribution in [-0.2, 0) is 0 Å². The number of rotatable bonds is 3. The Bertz CT molecular complexity index is 673. The monoisotopic (exact) mass is 295 g/mol. The molecule has 2 heterocycles. The molecule has 1 aromatic carbocycles. The number of pyridine rings is 1. The van der Waals surface area contributed by atoms with E-state index in [4.69, 9.17) is 0 Å². The average molecular weight is 295 g/mol. The van der Waals surface area contributed by atoms with Gasteiger partial charge in [-0.3, -0.25) is 4.79 Å². The maximum atomic E-state index is 12.3. The summed E-state index contributed by atoms with van der Waals surface area (Å²) in [7, 11) is 0. The summed E-state index contributed by atoms with van der Waals surface area (Å²) in [6.45, 7) is 6.12. The molecule has 4 nitrogen and oxygen atoms in total. The number of carbonyl (C=O) groups is 1. The molecule has 1 fully saturated rings. The number of carbonyl (C=O) groups excluding carboxylic acids is 1. The topological polar surface area (TPSA) is 45.2 Å². The Labute approximate surface area is 131 Å². The molecular formula is C18H21N3O. The predicted octanol–water partition coefficient (Wildman–Crippen LogP) is 3.55. The van der Waals surface area contributed by atoms with Crippen LogP contribution in [0.1, 0.15) is 34.3 Å². The second-order valence-corrected chi connectivity index (χ2v) is 5.87. The second-order valence-electron chi connectivity index (χ2n) is 5.87. The van der Waals surface area contributed by atoms with E-state index in [0.717, 1.165) is 35.7 Å². The number of hydrogen-bond acceptors (Lipinski definition) is 3. The van der Waals surface area contributed by atoms with Crippen molar-refractivity contribution in [2.75, 3.05) is 23.3 Å². The van der Waals surface area contributed by atoms with Crippen LogP contribution in [0.25, 0.3) is 0 Å². The fraction of sp³-hybridized carbons (Fsp3) is 0.333. The van der Waals surface area contributed by atoms with E-state index < -0.39 is 0 Å². The highest BCUT2D eigenvalue weighted by Gasteiger charge is 2.14. The number of anilines is 2. The van der Waals surface area contributed by atoms with Crippen molar-refractivity contribution in [1.82, 2.24) is 4.98 Å². The number of nitrogens with zero attached hydrogens (tertiary/aromatic N) is 2. The zero-order valence-electron chi connectivity index (χ0n) is 13.1. The molecule has 1 aliphatic rings. The predicted molar refractivity (Wildman–Crippen MR) is 89.6 cm³/mol. The van der Waals surface area contributed by atoms with Gasteiger partial charge >= 0.3 is 0 Å². The molecule has 22 heavy (non-hydrogen) atoms. The fourth-order valence-corrected chi connectivity index (χ4v) is 2.86. The first kappa shape index (κ1) is 14.6. The molecule has 0 aliphatic carbocycles. The van der Waals surface area contributed by atoms with Gasteiger partial charge in [0.25, 0.3) is 5.91 Å². The van der Waals surface area contributed by atoms with Crippen molar-refractivity contribution in [3.63, 3.8) is 0 Å². The molecule has 0 radical (unpaired) electrons. The molecule has 4 heteroatoms. The average Bonchev–Trinajstić information content (AvgIpc) is 3.02. The maximum Gasteiger partial charge on any atom is 0.255 e. The van der Waals surface area contributed by atoms with E-state index in [2.05, 4.69) is 15.2 Å². The molecule has 0 spiro atoms. The molecule has 0 unspecified atom stereocenters. The van der Waals surface area contributed by atoms with Crippen LogP contribution in [0.15, 0.2) is 36.5 Å². The van der Waals surface area contributed by atoms with Crippen molar-refractivity contribution in [1.29, 1.82) is 0 Å². The lowest BCUT2D eigenvalue weighted by molar-refractivity contribution is 0.102. The first-order chi connectivity index (χ1) is 10.6. The smallest absolute Gasteiger partial charge is 0.255 e. The SMILES string of the molecule is Cc1ccc(C(=O)Nc2ccc(N3CCCC3)nc2)c(C)c1. The van der Waals surface area contributed by atoms with E-state index in [9.17, 15) is 4.79 Å². The molecule has 0 atom stereocenters. The lowest BCUT2D eigenvalue weighted by Crippen LogP contribution is -2.19. The van der Waals surface area contributed by atoms with Gasteiger partial charge in [-0.1, -0.05) is 17.7 Å². The van der Waals surface area contributed by atoms with Crippen LogP contribution in [0.4, 0.5) is 11.5 Å². The van der Waals surface area contributed by atoms with Crippen LogP contribution in [0.5, 0.6) is 0 Å². The number of hydrogen-bond donors (Lipinski definition) is 1. The third-order valence-electron chi connectivity index (χ3n) is 4.06. The normalized spacial score (nSPS) is 14.2. The van der Waals surface area contributed by atoms with Crippen molar-refractivity contribution in [3.8, 4) is 0 Å². The number of benzene rings is 1. The van der Waals surface area contributed by atoms with Crippen molar-refractivity contribution >= 4 is 17.4 Å². The van der Waals surface area contributed by atoms with E-state index in [1.54, 1.807) is 6.20 Å². The first-order valence-corrected chi connectivity index (χ1v) is 7.73. The van der Waals surface area contributed by atoms with E-state index in [-0.39, 0.29) is 5.91 Å². The number of nitrogens with one attached hydrogen (secondary N) is 1. The van der Waals surface area contributed by atoms with Crippen LogP contribution >= 0.6 is 0 Å². The van der Waals surface area contributed by atoms with Crippen LogP contribution in [0, 0.1) is 13.8 Å². The van der Waals surface area contributed by atoms with Gasteiger partial charge in [-0.25, -0.2) is 4.98 Å². The zero-order valence-corrected chi connectivity index (χ0v) is 13.1. The molecule has 1 aromatic heterocycles. The highest BCUT2D eigenvalue weighted by atomic mass is 16.1. The summed E-state index contributed by atoms with van der Waals surface area (Å²) in [5.41, 5.74) is 3.58. The van der Waals surface area contributed by atoms with Crippen LogP contribution in [0.2, 0.25) is 0 Å². The Balaban J connectivity index is 1.71. The summed E-state index contributed by atoms with van der Waals surface area (Å²) in [5, 5.41) is 2.92. The summed E-state index contributed by atoms with van der Waals surface area (Å²) in [5.74, 6) is 0.898. The summed E-state index contributed by atoms with van der Waals surface area (Å²) in [6.07, 6.45) is 4.19. The van der Waals surface area contributed by atoms with Crippen LogP contribution in [0.3, 0.4) is 0 Å². The molecule has 0 bridgehead atoms. The standard InChI is InChI=1S/C18H21N3O/c1-13-5-7-16(14(2)11-13)18(22)20-15-6-8-17(19-12-15)21-9-3-4-10-21/h5-8,11-12H,3-4,9-10H2,1-2H3,(H,20,22). The summed E-state index contributed by atoms with van der Waals surface area (Å²) in [6, 6.07) is 9.73. The summed E-state index contributed by atoms with van der Waals surface area (Å²) >= 11 is 0. The molecule has 3 rings (SSSR count). The first-order valence-electron chi connectivity index (χ1n) is 7.73. The van der Waals surface area contributed by atoms with Gasteiger partial charge in [0.1, 0.15) is 5.82 Å². The lowest BCUT2D eigenvalue weighted by Gasteiger charge is -2.16.